The standard InChI is InChI=1S/C8H10F3NO2/c1-3-6(14-2)4-7(13)12-5-8(9,10)11/h3-4H,1,5H2,2H3,(H,12,13)/b6-4-. The summed E-state index contributed by atoms with van der Waals surface area (Å²) in [6, 6.07) is 0. The Balaban J connectivity index is 4.10. The van der Waals surface area contributed by atoms with E-state index in [1.807, 2.05) is 0 Å². The summed E-state index contributed by atoms with van der Waals surface area (Å²) in [6.07, 6.45) is -2.31. The van der Waals surface area contributed by atoms with Crippen molar-refractivity contribution in [2.75, 3.05) is 13.7 Å². The Morgan fingerprint density at radius 3 is 2.50 bits per heavy atom. The smallest absolute Gasteiger partial charge is 0.405 e. The van der Waals surface area contributed by atoms with E-state index >= 15 is 0 Å². The molecule has 6 heteroatoms. The number of hydrogen-bond acceptors (Lipinski definition) is 2. The monoisotopic (exact) mass is 209 g/mol. The highest BCUT2D eigenvalue weighted by molar-refractivity contribution is 5.88. The van der Waals surface area contributed by atoms with E-state index in [0.717, 1.165) is 6.08 Å². The van der Waals surface area contributed by atoms with Crippen LogP contribution in [0.4, 0.5) is 13.2 Å². The van der Waals surface area contributed by atoms with Crippen molar-refractivity contribution in [2.45, 2.75) is 6.18 Å². The molecule has 0 atom stereocenters. The zero-order chi connectivity index (χ0) is 11.2. The van der Waals surface area contributed by atoms with Crippen molar-refractivity contribution in [2.24, 2.45) is 0 Å². The SMILES string of the molecule is C=C/C(=C/C(=O)NCC(F)(F)F)OC. The van der Waals surface area contributed by atoms with Gasteiger partial charge in [0.15, 0.2) is 0 Å². The number of carbonyl (C=O) groups is 1. The van der Waals surface area contributed by atoms with Gasteiger partial charge >= 0.3 is 6.18 Å². The second kappa shape index (κ2) is 5.31. The molecular formula is C8H10F3NO2. The molecule has 0 aliphatic carbocycles. The highest BCUT2D eigenvalue weighted by Gasteiger charge is 2.27. The molecule has 0 aliphatic rings. The molecule has 1 N–H and O–H groups in total. The zero-order valence-corrected chi connectivity index (χ0v) is 7.52. The first kappa shape index (κ1) is 12.5. The Morgan fingerprint density at radius 2 is 2.14 bits per heavy atom. The molecule has 0 aromatic rings. The van der Waals surface area contributed by atoms with Crippen molar-refractivity contribution in [3.05, 3.63) is 24.5 Å². The van der Waals surface area contributed by atoms with Gasteiger partial charge in [-0.05, 0) is 6.08 Å². The van der Waals surface area contributed by atoms with Crippen LogP contribution in [0.25, 0.3) is 0 Å². The number of amides is 1. The molecule has 0 radical (unpaired) electrons. The van der Waals surface area contributed by atoms with E-state index in [0.29, 0.717) is 0 Å². The summed E-state index contributed by atoms with van der Waals surface area (Å²) in [5.41, 5.74) is 0. The molecule has 0 aliphatic heterocycles. The van der Waals surface area contributed by atoms with Crippen LogP contribution in [-0.4, -0.2) is 25.7 Å². The van der Waals surface area contributed by atoms with Crippen LogP contribution in [0.3, 0.4) is 0 Å². The molecule has 0 saturated heterocycles. The number of allylic oxidation sites excluding steroid dienone is 1. The second-order valence-corrected chi connectivity index (χ2v) is 2.29. The lowest BCUT2D eigenvalue weighted by Gasteiger charge is -2.06. The molecule has 0 bridgehead atoms. The average molecular weight is 209 g/mol. The Hall–Kier alpha value is -1.46. The minimum absolute atomic E-state index is 0.102. The molecule has 3 nitrogen and oxygen atoms in total. The minimum Gasteiger partial charge on any atom is -0.497 e. The molecule has 0 heterocycles. The largest absolute Gasteiger partial charge is 0.497 e. The molecule has 0 aromatic heterocycles. The van der Waals surface area contributed by atoms with Gasteiger partial charge in [0.2, 0.25) is 5.91 Å². The summed E-state index contributed by atoms with van der Waals surface area (Å²) >= 11 is 0. The molecule has 0 unspecified atom stereocenters. The number of rotatable bonds is 4. The van der Waals surface area contributed by atoms with Gasteiger partial charge in [-0.2, -0.15) is 13.2 Å². The van der Waals surface area contributed by atoms with E-state index in [2.05, 4.69) is 11.3 Å². The van der Waals surface area contributed by atoms with Crippen molar-refractivity contribution >= 4 is 5.91 Å². The molecule has 0 fully saturated rings. The second-order valence-electron chi connectivity index (χ2n) is 2.29. The summed E-state index contributed by atoms with van der Waals surface area (Å²) in [7, 11) is 1.28. The van der Waals surface area contributed by atoms with Crippen molar-refractivity contribution in [3.63, 3.8) is 0 Å². The molecule has 0 spiro atoms. The predicted molar refractivity (Wildman–Crippen MR) is 44.4 cm³/mol. The maximum atomic E-state index is 11.6. The fourth-order valence-electron chi connectivity index (χ4n) is 0.569. The lowest BCUT2D eigenvalue weighted by atomic mass is 10.4. The van der Waals surface area contributed by atoms with E-state index in [1.165, 1.54) is 13.2 Å². The van der Waals surface area contributed by atoms with Crippen LogP contribution < -0.4 is 5.32 Å². The third-order valence-corrected chi connectivity index (χ3v) is 1.17. The lowest BCUT2D eigenvalue weighted by molar-refractivity contribution is -0.135. The first-order valence-corrected chi connectivity index (χ1v) is 3.61. The number of halogens is 3. The van der Waals surface area contributed by atoms with Crippen LogP contribution in [-0.2, 0) is 9.53 Å². The summed E-state index contributed by atoms with van der Waals surface area (Å²) in [4.78, 5) is 10.8. The van der Waals surface area contributed by atoms with Gasteiger partial charge in [-0.3, -0.25) is 4.79 Å². The van der Waals surface area contributed by atoms with Crippen LogP contribution in [0.15, 0.2) is 24.5 Å². The number of ether oxygens (including phenoxy) is 1. The summed E-state index contributed by atoms with van der Waals surface area (Å²) in [5, 5.41) is 1.65. The average Bonchev–Trinajstić information content (AvgIpc) is 2.09. The number of alkyl halides is 3. The van der Waals surface area contributed by atoms with E-state index in [-0.39, 0.29) is 5.76 Å². The van der Waals surface area contributed by atoms with E-state index in [9.17, 15) is 18.0 Å². The number of hydrogen-bond donors (Lipinski definition) is 1. The van der Waals surface area contributed by atoms with Gasteiger partial charge in [-0.15, -0.1) is 0 Å². The fourth-order valence-corrected chi connectivity index (χ4v) is 0.569. The Bertz CT molecular complexity index is 245. The Morgan fingerprint density at radius 1 is 1.57 bits per heavy atom. The van der Waals surface area contributed by atoms with Crippen LogP contribution in [0.1, 0.15) is 0 Å². The molecule has 0 saturated carbocycles. The van der Waals surface area contributed by atoms with Gasteiger partial charge in [0.1, 0.15) is 12.3 Å². The van der Waals surface area contributed by atoms with Crippen LogP contribution >= 0.6 is 0 Å². The maximum absolute atomic E-state index is 11.6. The van der Waals surface area contributed by atoms with E-state index < -0.39 is 18.6 Å². The van der Waals surface area contributed by atoms with Gasteiger partial charge < -0.3 is 10.1 Å². The molecular weight excluding hydrogens is 199 g/mol. The van der Waals surface area contributed by atoms with Gasteiger partial charge in [-0.1, -0.05) is 6.58 Å². The Kier molecular flexibility index (Phi) is 4.76. The van der Waals surface area contributed by atoms with Crippen molar-refractivity contribution in [1.29, 1.82) is 0 Å². The van der Waals surface area contributed by atoms with Crippen molar-refractivity contribution < 1.29 is 22.7 Å². The van der Waals surface area contributed by atoms with Crippen LogP contribution in [0.5, 0.6) is 0 Å². The summed E-state index contributed by atoms with van der Waals surface area (Å²) < 4.78 is 39.5. The van der Waals surface area contributed by atoms with Crippen LogP contribution in [0.2, 0.25) is 0 Å². The van der Waals surface area contributed by atoms with Crippen molar-refractivity contribution in [3.8, 4) is 0 Å². The van der Waals surface area contributed by atoms with Gasteiger partial charge in [-0.25, -0.2) is 0 Å². The van der Waals surface area contributed by atoms with Crippen molar-refractivity contribution in [1.82, 2.24) is 5.32 Å². The van der Waals surface area contributed by atoms with E-state index in [4.69, 9.17) is 0 Å². The lowest BCUT2D eigenvalue weighted by Crippen LogP contribution is -2.32. The summed E-state index contributed by atoms with van der Waals surface area (Å²) in [6.45, 7) is 1.93. The first-order valence-electron chi connectivity index (χ1n) is 3.61. The Labute approximate surface area is 79.2 Å². The minimum atomic E-state index is -4.41. The highest BCUT2D eigenvalue weighted by Crippen LogP contribution is 2.12. The molecule has 80 valence electrons. The predicted octanol–water partition coefficient (Wildman–Crippen LogP) is 1.38. The highest BCUT2D eigenvalue weighted by atomic mass is 19.4. The molecule has 1 amide bonds. The van der Waals surface area contributed by atoms with Gasteiger partial charge in [0, 0.05) is 6.08 Å². The number of methoxy groups -OCH3 is 1. The number of nitrogens with one attached hydrogen (secondary N) is 1. The molecule has 14 heavy (non-hydrogen) atoms. The topological polar surface area (TPSA) is 38.3 Å². The fraction of sp³-hybridized carbons (Fsp3) is 0.375. The molecule has 0 rings (SSSR count). The third kappa shape index (κ3) is 6.10. The van der Waals surface area contributed by atoms with Gasteiger partial charge in [0.25, 0.3) is 0 Å². The first-order chi connectivity index (χ1) is 6.39. The normalized spacial score (nSPS) is 12.1. The summed E-state index contributed by atoms with van der Waals surface area (Å²) in [5.74, 6) is -0.774. The quantitative estimate of drug-likeness (QED) is 0.431. The number of carbonyl (C=O) groups excluding carboxylic acids is 1. The molecule has 0 aromatic carbocycles. The third-order valence-electron chi connectivity index (χ3n) is 1.17. The van der Waals surface area contributed by atoms with Crippen LogP contribution in [0, 0.1) is 0 Å². The zero-order valence-electron chi connectivity index (χ0n) is 7.52. The van der Waals surface area contributed by atoms with E-state index in [1.54, 1.807) is 5.32 Å². The maximum Gasteiger partial charge on any atom is 0.405 e. The van der Waals surface area contributed by atoms with Gasteiger partial charge in [0.05, 0.1) is 7.11 Å².